The van der Waals surface area contributed by atoms with Crippen molar-refractivity contribution in [3.05, 3.63) is 69.9 Å². The summed E-state index contributed by atoms with van der Waals surface area (Å²) in [4.78, 5) is 31.1. The van der Waals surface area contributed by atoms with Crippen LogP contribution in [0.15, 0.2) is 47.4 Å². The Bertz CT molecular complexity index is 1610. The number of aryl methyl sites for hydroxylation is 1. The van der Waals surface area contributed by atoms with E-state index in [2.05, 4.69) is 43.1 Å². The van der Waals surface area contributed by atoms with E-state index in [9.17, 15) is 4.79 Å². The highest BCUT2D eigenvalue weighted by atomic mass is 16.5. The van der Waals surface area contributed by atoms with Crippen LogP contribution in [0.1, 0.15) is 62.3 Å². The first-order chi connectivity index (χ1) is 18.9. The highest BCUT2D eigenvalue weighted by Crippen LogP contribution is 2.47. The first-order valence-electron chi connectivity index (χ1n) is 13.9. The number of piperazine rings is 1. The lowest BCUT2D eigenvalue weighted by Gasteiger charge is -2.35. The van der Waals surface area contributed by atoms with Crippen molar-refractivity contribution >= 4 is 16.9 Å². The lowest BCUT2D eigenvalue weighted by molar-refractivity contribution is 0.416. The molecule has 1 aromatic carbocycles. The van der Waals surface area contributed by atoms with Gasteiger partial charge in [0.25, 0.3) is 0 Å². The second-order valence-electron chi connectivity index (χ2n) is 11.1. The monoisotopic (exact) mass is 524 g/mol. The first kappa shape index (κ1) is 25.5. The molecule has 8 nitrogen and oxygen atoms in total. The van der Waals surface area contributed by atoms with Crippen LogP contribution in [0, 0.1) is 6.92 Å². The summed E-state index contributed by atoms with van der Waals surface area (Å²) in [5, 5.41) is 4.36. The number of hydrogen-bond acceptors (Lipinski definition) is 7. The summed E-state index contributed by atoms with van der Waals surface area (Å²) in [6.45, 7) is 10.9. The van der Waals surface area contributed by atoms with E-state index in [1.54, 1.807) is 11.7 Å². The summed E-state index contributed by atoms with van der Waals surface area (Å²) in [5.41, 5.74) is 5.86. The highest BCUT2D eigenvalue weighted by molar-refractivity contribution is 5.92. The van der Waals surface area contributed by atoms with Gasteiger partial charge in [-0.2, -0.15) is 4.98 Å². The Balaban J connectivity index is 1.74. The molecule has 1 aliphatic carbocycles. The third-order valence-electron chi connectivity index (χ3n) is 7.95. The lowest BCUT2D eigenvalue weighted by Crippen LogP contribution is -2.50. The SMILES string of the molecule is COc1ccccc1-c1nc2c(cc1C1CC1)c(N1CCNC[C@@H]1C)nc(=O)n2-c1c(C)ccnc1C(C)C. The van der Waals surface area contributed by atoms with Gasteiger partial charge in [-0.1, -0.05) is 26.0 Å². The van der Waals surface area contributed by atoms with Gasteiger partial charge in [0.05, 0.1) is 29.6 Å². The molecule has 6 rings (SSSR count). The number of fused-ring (bicyclic) bond motifs is 1. The van der Waals surface area contributed by atoms with Gasteiger partial charge in [0.1, 0.15) is 11.6 Å². The van der Waals surface area contributed by atoms with Crippen molar-refractivity contribution in [3.63, 3.8) is 0 Å². The van der Waals surface area contributed by atoms with Crippen LogP contribution in [0.5, 0.6) is 5.75 Å². The lowest BCUT2D eigenvalue weighted by atomic mass is 9.99. The Labute approximate surface area is 229 Å². The van der Waals surface area contributed by atoms with Gasteiger partial charge in [-0.05, 0) is 73.9 Å². The van der Waals surface area contributed by atoms with Crippen LogP contribution < -0.4 is 20.6 Å². The molecule has 0 bridgehead atoms. The predicted molar refractivity (Wildman–Crippen MR) is 155 cm³/mol. The van der Waals surface area contributed by atoms with Crippen molar-refractivity contribution in [3.8, 4) is 22.7 Å². The standard InChI is InChI=1S/C31H36N6O2/c1-18(2)26-28(19(3)12-13-33-26)37-30-24(29(35-31(37)38)36-15-14-32-17-20(36)4)16-23(21-10-11-21)27(34-30)22-8-6-7-9-25(22)39-5/h6-9,12-13,16,18,20-21,32H,10-11,14-15,17H2,1-5H3/t20-/m0/s1. The minimum absolute atomic E-state index is 0.120. The van der Waals surface area contributed by atoms with Crippen LogP contribution in [0.2, 0.25) is 0 Å². The number of aromatic nitrogens is 4. The van der Waals surface area contributed by atoms with Gasteiger partial charge in [-0.15, -0.1) is 0 Å². The summed E-state index contributed by atoms with van der Waals surface area (Å²) in [6.07, 6.45) is 4.06. The molecule has 1 saturated heterocycles. The Morgan fingerprint density at radius 2 is 1.92 bits per heavy atom. The van der Waals surface area contributed by atoms with Crippen molar-refractivity contribution in [2.75, 3.05) is 31.6 Å². The van der Waals surface area contributed by atoms with Crippen LogP contribution in [0.25, 0.3) is 28.0 Å². The fraction of sp³-hybridized carbons (Fsp3) is 0.419. The second kappa shape index (κ2) is 10.1. The van der Waals surface area contributed by atoms with E-state index in [1.807, 2.05) is 37.4 Å². The van der Waals surface area contributed by atoms with Gasteiger partial charge in [0, 0.05) is 37.4 Å². The number of methoxy groups -OCH3 is 1. The second-order valence-corrected chi connectivity index (χ2v) is 11.1. The van der Waals surface area contributed by atoms with Crippen LogP contribution >= 0.6 is 0 Å². The molecule has 202 valence electrons. The number of nitrogens with zero attached hydrogens (tertiary/aromatic N) is 5. The Hall–Kier alpha value is -3.78. The molecule has 1 N–H and O–H groups in total. The van der Waals surface area contributed by atoms with Crippen molar-refractivity contribution in [2.24, 2.45) is 0 Å². The van der Waals surface area contributed by atoms with Crippen molar-refractivity contribution in [1.29, 1.82) is 0 Å². The molecule has 8 heteroatoms. The summed E-state index contributed by atoms with van der Waals surface area (Å²) < 4.78 is 7.46. The molecular weight excluding hydrogens is 488 g/mol. The van der Waals surface area contributed by atoms with Gasteiger partial charge in [-0.3, -0.25) is 4.98 Å². The maximum atomic E-state index is 14.0. The zero-order chi connectivity index (χ0) is 27.3. The fourth-order valence-corrected chi connectivity index (χ4v) is 5.77. The number of anilines is 1. The summed E-state index contributed by atoms with van der Waals surface area (Å²) in [6, 6.07) is 12.4. The molecule has 1 atom stereocenters. The number of para-hydroxylation sites is 1. The van der Waals surface area contributed by atoms with Gasteiger partial charge < -0.3 is 15.0 Å². The number of hydrogen-bond donors (Lipinski definition) is 1. The number of ether oxygens (including phenoxy) is 1. The first-order valence-corrected chi connectivity index (χ1v) is 13.9. The third-order valence-corrected chi connectivity index (χ3v) is 7.95. The summed E-state index contributed by atoms with van der Waals surface area (Å²) >= 11 is 0. The van der Waals surface area contributed by atoms with E-state index in [0.29, 0.717) is 17.4 Å². The molecule has 2 aliphatic rings. The smallest absolute Gasteiger partial charge is 0.355 e. The Kier molecular flexibility index (Phi) is 6.59. The minimum Gasteiger partial charge on any atom is -0.496 e. The van der Waals surface area contributed by atoms with Crippen LogP contribution in [0.3, 0.4) is 0 Å². The maximum absolute atomic E-state index is 14.0. The number of rotatable bonds is 6. The molecule has 0 radical (unpaired) electrons. The largest absolute Gasteiger partial charge is 0.496 e. The number of pyridine rings is 2. The molecule has 0 unspecified atom stereocenters. The zero-order valence-electron chi connectivity index (χ0n) is 23.4. The number of benzene rings is 1. The van der Waals surface area contributed by atoms with Crippen LogP contribution in [0.4, 0.5) is 5.82 Å². The minimum atomic E-state index is -0.334. The third kappa shape index (κ3) is 4.46. The average molecular weight is 525 g/mol. The van der Waals surface area contributed by atoms with E-state index in [0.717, 1.165) is 71.8 Å². The molecule has 4 heterocycles. The van der Waals surface area contributed by atoms with E-state index in [4.69, 9.17) is 19.7 Å². The van der Waals surface area contributed by atoms with Crippen molar-refractivity contribution < 1.29 is 4.74 Å². The molecule has 0 spiro atoms. The summed E-state index contributed by atoms with van der Waals surface area (Å²) in [7, 11) is 1.69. The molecule has 4 aromatic rings. The van der Waals surface area contributed by atoms with Gasteiger partial charge in [-0.25, -0.2) is 14.3 Å². The molecule has 2 fully saturated rings. The van der Waals surface area contributed by atoms with E-state index < -0.39 is 0 Å². The molecule has 1 saturated carbocycles. The van der Waals surface area contributed by atoms with Gasteiger partial charge in [0.15, 0.2) is 5.65 Å². The zero-order valence-corrected chi connectivity index (χ0v) is 23.4. The normalized spacial score (nSPS) is 17.7. The maximum Gasteiger partial charge on any atom is 0.355 e. The van der Waals surface area contributed by atoms with Gasteiger partial charge in [0.2, 0.25) is 0 Å². The topological polar surface area (TPSA) is 85.2 Å². The Morgan fingerprint density at radius 3 is 2.64 bits per heavy atom. The molecule has 1 aliphatic heterocycles. The Morgan fingerprint density at radius 1 is 1.13 bits per heavy atom. The highest BCUT2D eigenvalue weighted by Gasteiger charge is 2.32. The van der Waals surface area contributed by atoms with E-state index in [1.165, 1.54) is 5.56 Å². The average Bonchev–Trinajstić information content (AvgIpc) is 3.78. The van der Waals surface area contributed by atoms with E-state index in [-0.39, 0.29) is 17.6 Å². The van der Waals surface area contributed by atoms with Crippen LogP contribution in [-0.4, -0.2) is 52.3 Å². The molecule has 39 heavy (non-hydrogen) atoms. The van der Waals surface area contributed by atoms with Crippen LogP contribution in [-0.2, 0) is 0 Å². The van der Waals surface area contributed by atoms with Gasteiger partial charge >= 0.3 is 5.69 Å². The van der Waals surface area contributed by atoms with E-state index >= 15 is 0 Å². The van der Waals surface area contributed by atoms with Crippen molar-refractivity contribution in [2.45, 2.75) is 58.4 Å². The quantitative estimate of drug-likeness (QED) is 0.382. The van der Waals surface area contributed by atoms with Crippen molar-refractivity contribution in [1.82, 2.24) is 24.8 Å². The predicted octanol–water partition coefficient (Wildman–Crippen LogP) is 4.96. The number of nitrogens with one attached hydrogen (secondary N) is 1. The molecule has 3 aromatic heterocycles. The molecule has 0 amide bonds. The fourth-order valence-electron chi connectivity index (χ4n) is 5.77. The summed E-state index contributed by atoms with van der Waals surface area (Å²) in [5.74, 6) is 2.04. The molecular formula is C31H36N6O2.